The molecule has 3 heterocycles. The van der Waals surface area contributed by atoms with E-state index in [1.165, 1.54) is 0 Å². The minimum absolute atomic E-state index is 0.389. The van der Waals surface area contributed by atoms with Crippen LogP contribution >= 0.6 is 31.9 Å². The molecule has 1 aliphatic rings. The second kappa shape index (κ2) is 16.6. The van der Waals surface area contributed by atoms with Crippen LogP contribution in [0.2, 0.25) is 0 Å². The van der Waals surface area contributed by atoms with Crippen LogP contribution in [-0.4, -0.2) is 57.0 Å². The lowest BCUT2D eigenvalue weighted by atomic mass is 9.77. The molecule has 0 radical (unpaired) electrons. The number of rotatable bonds is 6. The van der Waals surface area contributed by atoms with Gasteiger partial charge in [-0.3, -0.25) is 0 Å². The Balaban J connectivity index is 0.000000262. The van der Waals surface area contributed by atoms with Crippen molar-refractivity contribution in [3.05, 3.63) is 47.6 Å². The van der Waals surface area contributed by atoms with Crippen LogP contribution in [0, 0.1) is 36.5 Å². The molecule has 10 heteroatoms. The summed E-state index contributed by atoms with van der Waals surface area (Å²) in [6, 6.07) is 4.42. The zero-order valence-electron chi connectivity index (χ0n) is 18.4. The summed E-state index contributed by atoms with van der Waals surface area (Å²) in [4.78, 5) is 16.2. The van der Waals surface area contributed by atoms with Crippen LogP contribution in [0.25, 0.3) is 0 Å². The lowest BCUT2D eigenvalue weighted by Crippen LogP contribution is -2.32. The standard InChI is InChI=1S/C11H13N3O.C7H7N3.C4H8Br2O/c1-9-13-6-10(7-14-9)11(8-12)2-4-15-5-3-11;1-6-9-4-7(2-3-8)5-10-6;5-1-3-7-4-2-6/h6-7H,2-5H2,1H3;4-5H,2H2,1H3;1-4H2. The van der Waals surface area contributed by atoms with Crippen molar-refractivity contribution >= 4 is 31.9 Å². The second-order valence-electron chi connectivity index (χ2n) is 6.79. The normalized spacial score (nSPS) is 13.9. The first kappa shape index (κ1) is 28.1. The van der Waals surface area contributed by atoms with Gasteiger partial charge in [0.1, 0.15) is 11.6 Å². The molecule has 0 N–H and O–H groups in total. The summed E-state index contributed by atoms with van der Waals surface area (Å²) in [7, 11) is 0. The Hall–Kier alpha value is -1.98. The van der Waals surface area contributed by atoms with E-state index in [-0.39, 0.29) is 0 Å². The fraction of sp³-hybridized carbons (Fsp3) is 0.545. The number of aromatic nitrogens is 4. The first-order valence-electron chi connectivity index (χ1n) is 10.1. The molecular weight excluding hydrogens is 540 g/mol. The summed E-state index contributed by atoms with van der Waals surface area (Å²) in [5.41, 5.74) is 1.35. The summed E-state index contributed by atoms with van der Waals surface area (Å²) in [5.74, 6) is 1.47. The lowest BCUT2D eigenvalue weighted by Gasteiger charge is -2.30. The monoisotopic (exact) mass is 566 g/mol. The molecule has 172 valence electrons. The summed E-state index contributed by atoms with van der Waals surface area (Å²) >= 11 is 6.48. The number of hydrogen-bond donors (Lipinski definition) is 0. The zero-order valence-corrected chi connectivity index (χ0v) is 21.6. The second-order valence-corrected chi connectivity index (χ2v) is 8.37. The first-order valence-corrected chi connectivity index (χ1v) is 12.4. The highest BCUT2D eigenvalue weighted by Gasteiger charge is 2.35. The highest BCUT2D eigenvalue weighted by molar-refractivity contribution is 9.09. The molecule has 32 heavy (non-hydrogen) atoms. The SMILES string of the molecule is BrCCOCCBr.Cc1ncc(C2(C#N)CCOCC2)cn1.Cc1ncc(CC#N)cn1. The van der Waals surface area contributed by atoms with Gasteiger partial charge in [0, 0.05) is 59.8 Å². The Morgan fingerprint density at radius 3 is 1.88 bits per heavy atom. The van der Waals surface area contributed by atoms with Crippen molar-refractivity contribution in [3.8, 4) is 12.1 Å². The van der Waals surface area contributed by atoms with Crippen LogP contribution in [-0.2, 0) is 21.3 Å². The number of nitriles is 2. The molecule has 0 amide bonds. The number of ether oxygens (including phenoxy) is 2. The van der Waals surface area contributed by atoms with Crippen molar-refractivity contribution in [1.29, 1.82) is 10.5 Å². The van der Waals surface area contributed by atoms with Crippen molar-refractivity contribution in [2.24, 2.45) is 0 Å². The fourth-order valence-electron chi connectivity index (χ4n) is 2.64. The summed E-state index contributed by atoms with van der Waals surface area (Å²) < 4.78 is 10.3. The van der Waals surface area contributed by atoms with Crippen LogP contribution in [0.5, 0.6) is 0 Å². The first-order chi connectivity index (χ1) is 15.5. The van der Waals surface area contributed by atoms with Crippen molar-refractivity contribution in [3.63, 3.8) is 0 Å². The van der Waals surface area contributed by atoms with E-state index in [4.69, 9.17) is 14.7 Å². The van der Waals surface area contributed by atoms with Crippen LogP contribution < -0.4 is 0 Å². The number of hydrogen-bond acceptors (Lipinski definition) is 8. The minimum Gasteiger partial charge on any atom is -0.381 e. The molecule has 1 fully saturated rings. The molecule has 3 rings (SSSR count). The van der Waals surface area contributed by atoms with Gasteiger partial charge in [0.2, 0.25) is 0 Å². The molecule has 0 bridgehead atoms. The third kappa shape index (κ3) is 10.6. The minimum atomic E-state index is -0.439. The maximum absolute atomic E-state index is 9.30. The van der Waals surface area contributed by atoms with Crippen molar-refractivity contribution in [2.75, 3.05) is 37.1 Å². The summed E-state index contributed by atoms with van der Waals surface area (Å²) in [5, 5.41) is 19.4. The number of alkyl halides is 2. The lowest BCUT2D eigenvalue weighted by molar-refractivity contribution is 0.0673. The molecule has 1 saturated heterocycles. The summed E-state index contributed by atoms with van der Waals surface area (Å²) in [6.45, 7) is 6.56. The van der Waals surface area contributed by atoms with Gasteiger partial charge in [-0.2, -0.15) is 10.5 Å². The fourth-order valence-corrected chi connectivity index (χ4v) is 3.10. The third-order valence-corrected chi connectivity index (χ3v) is 5.10. The quantitative estimate of drug-likeness (QED) is 0.379. The average molecular weight is 568 g/mol. The largest absolute Gasteiger partial charge is 0.381 e. The van der Waals surface area contributed by atoms with Crippen LogP contribution in [0.4, 0.5) is 0 Å². The van der Waals surface area contributed by atoms with Crippen molar-refractivity contribution < 1.29 is 9.47 Å². The van der Waals surface area contributed by atoms with Gasteiger partial charge in [-0.25, -0.2) is 19.9 Å². The van der Waals surface area contributed by atoms with E-state index < -0.39 is 5.41 Å². The van der Waals surface area contributed by atoms with E-state index in [1.807, 2.05) is 19.9 Å². The van der Waals surface area contributed by atoms with E-state index in [0.29, 0.717) is 19.6 Å². The van der Waals surface area contributed by atoms with Gasteiger partial charge in [-0.15, -0.1) is 0 Å². The van der Waals surface area contributed by atoms with Gasteiger partial charge in [0.05, 0.1) is 37.2 Å². The Bertz CT molecular complexity index is 841. The molecular formula is C22H28Br2N6O2. The molecule has 0 aromatic carbocycles. The van der Waals surface area contributed by atoms with Gasteiger partial charge < -0.3 is 9.47 Å². The van der Waals surface area contributed by atoms with Gasteiger partial charge >= 0.3 is 0 Å². The highest BCUT2D eigenvalue weighted by atomic mass is 79.9. The van der Waals surface area contributed by atoms with Crippen molar-refractivity contribution in [1.82, 2.24) is 19.9 Å². The predicted octanol–water partition coefficient (Wildman–Crippen LogP) is 4.00. The predicted molar refractivity (Wildman–Crippen MR) is 129 cm³/mol. The van der Waals surface area contributed by atoms with Crippen LogP contribution in [0.1, 0.15) is 35.6 Å². The van der Waals surface area contributed by atoms with Crippen LogP contribution in [0.15, 0.2) is 24.8 Å². The Kier molecular flexibility index (Phi) is 14.6. The molecule has 0 unspecified atom stereocenters. The smallest absolute Gasteiger partial charge is 0.125 e. The van der Waals surface area contributed by atoms with E-state index in [2.05, 4.69) is 57.9 Å². The maximum Gasteiger partial charge on any atom is 0.125 e. The molecule has 1 aliphatic heterocycles. The van der Waals surface area contributed by atoms with Gasteiger partial charge in [0.15, 0.2) is 0 Å². The Labute approximate surface area is 206 Å². The van der Waals surface area contributed by atoms with E-state index in [9.17, 15) is 5.26 Å². The van der Waals surface area contributed by atoms with E-state index >= 15 is 0 Å². The van der Waals surface area contributed by atoms with Gasteiger partial charge in [-0.05, 0) is 26.7 Å². The van der Waals surface area contributed by atoms with Gasteiger partial charge in [0.25, 0.3) is 0 Å². The van der Waals surface area contributed by atoms with Crippen molar-refractivity contribution in [2.45, 2.75) is 38.5 Å². The van der Waals surface area contributed by atoms with E-state index in [1.54, 1.807) is 24.8 Å². The third-order valence-electron chi connectivity index (χ3n) is 4.45. The number of halogens is 2. The Morgan fingerprint density at radius 1 is 0.938 bits per heavy atom. The topological polar surface area (TPSA) is 118 Å². The molecule has 0 saturated carbocycles. The number of nitrogens with zero attached hydrogens (tertiary/aromatic N) is 6. The molecule has 0 atom stereocenters. The van der Waals surface area contributed by atoms with Crippen LogP contribution in [0.3, 0.4) is 0 Å². The molecule has 0 spiro atoms. The van der Waals surface area contributed by atoms with Gasteiger partial charge in [-0.1, -0.05) is 31.9 Å². The highest BCUT2D eigenvalue weighted by Crippen LogP contribution is 2.33. The Morgan fingerprint density at radius 2 is 1.44 bits per heavy atom. The molecule has 2 aromatic rings. The maximum atomic E-state index is 9.30. The zero-order chi connectivity index (χ0) is 23.7. The molecule has 0 aliphatic carbocycles. The average Bonchev–Trinajstić information content (AvgIpc) is 2.83. The molecule has 2 aromatic heterocycles. The van der Waals surface area contributed by atoms with E-state index in [0.717, 1.165) is 59.5 Å². The number of aryl methyl sites for hydroxylation is 2. The summed E-state index contributed by atoms with van der Waals surface area (Å²) in [6.07, 6.45) is 8.72. The molecule has 8 nitrogen and oxygen atoms in total.